The van der Waals surface area contributed by atoms with Gasteiger partial charge in [0.2, 0.25) is 5.16 Å². The zero-order valence-electron chi connectivity index (χ0n) is 14.4. The topological polar surface area (TPSA) is 52.3 Å². The molecule has 2 aromatic carbocycles. The lowest BCUT2D eigenvalue weighted by atomic mass is 10.1. The molecular formula is C19H17BrN4OS. The number of benzene rings is 2. The summed E-state index contributed by atoms with van der Waals surface area (Å²) in [6.07, 6.45) is 0.0797. The molecule has 4 rings (SSSR count). The van der Waals surface area contributed by atoms with Crippen molar-refractivity contribution in [2.24, 2.45) is 5.10 Å². The van der Waals surface area contributed by atoms with Crippen molar-refractivity contribution in [1.29, 1.82) is 0 Å². The lowest BCUT2D eigenvalue weighted by Gasteiger charge is -2.16. The molecule has 0 aliphatic carbocycles. The van der Waals surface area contributed by atoms with E-state index in [1.165, 1.54) is 0 Å². The van der Waals surface area contributed by atoms with Gasteiger partial charge < -0.3 is 4.74 Å². The second kappa shape index (κ2) is 7.25. The van der Waals surface area contributed by atoms with Gasteiger partial charge in [-0.3, -0.25) is 0 Å². The minimum absolute atomic E-state index is 0.0797. The number of rotatable bonds is 4. The maximum absolute atomic E-state index is 5.94. The summed E-state index contributed by atoms with van der Waals surface area (Å²) >= 11 is 5.11. The maximum atomic E-state index is 5.94. The Labute approximate surface area is 164 Å². The number of nitrogens with zero attached hydrogens (tertiary/aromatic N) is 4. The van der Waals surface area contributed by atoms with Crippen molar-refractivity contribution >= 4 is 33.4 Å². The largest absolute Gasteiger partial charge is 0.490 e. The Hall–Kier alpha value is -2.12. The number of para-hydroxylation sites is 1. The Morgan fingerprint density at radius 2 is 1.85 bits per heavy atom. The van der Waals surface area contributed by atoms with Crippen LogP contribution in [0, 0.1) is 0 Å². The average molecular weight is 429 g/mol. The monoisotopic (exact) mass is 428 g/mol. The van der Waals surface area contributed by atoms with Gasteiger partial charge in [-0.15, -0.1) is 10.2 Å². The first-order valence-electron chi connectivity index (χ1n) is 8.30. The standard InChI is InChI=1S/C19H17BrN4OS/c1-12(2)25-17-6-4-3-5-15(17)18-21-22-19-24(18)23-16(11-26-19)13-7-9-14(20)10-8-13/h3-10,12H,11H2,1-2H3. The lowest BCUT2D eigenvalue weighted by molar-refractivity contribution is 0.243. The van der Waals surface area contributed by atoms with Crippen LogP contribution >= 0.6 is 27.7 Å². The lowest BCUT2D eigenvalue weighted by Crippen LogP contribution is -2.14. The van der Waals surface area contributed by atoms with Crippen molar-refractivity contribution in [3.8, 4) is 17.1 Å². The van der Waals surface area contributed by atoms with E-state index in [9.17, 15) is 0 Å². The van der Waals surface area contributed by atoms with Gasteiger partial charge >= 0.3 is 0 Å². The van der Waals surface area contributed by atoms with Crippen LogP contribution in [-0.4, -0.2) is 32.4 Å². The molecule has 26 heavy (non-hydrogen) atoms. The molecule has 0 fully saturated rings. The van der Waals surface area contributed by atoms with Gasteiger partial charge in [0.15, 0.2) is 5.82 Å². The molecule has 1 aromatic heterocycles. The summed E-state index contributed by atoms with van der Waals surface area (Å²) in [6.45, 7) is 4.02. The summed E-state index contributed by atoms with van der Waals surface area (Å²) in [6, 6.07) is 16.0. The molecule has 5 nitrogen and oxygen atoms in total. The van der Waals surface area contributed by atoms with Gasteiger partial charge in [0.1, 0.15) is 5.75 Å². The highest BCUT2D eigenvalue weighted by atomic mass is 79.9. The van der Waals surface area contributed by atoms with Crippen molar-refractivity contribution in [3.05, 3.63) is 58.6 Å². The highest BCUT2D eigenvalue weighted by Gasteiger charge is 2.22. The summed E-state index contributed by atoms with van der Waals surface area (Å²) in [7, 11) is 0. The van der Waals surface area contributed by atoms with Gasteiger partial charge in [0.05, 0.1) is 17.4 Å². The number of aromatic nitrogens is 3. The number of ether oxygens (including phenoxy) is 1. The average Bonchev–Trinajstić information content (AvgIpc) is 3.05. The number of hydrogen-bond acceptors (Lipinski definition) is 5. The van der Waals surface area contributed by atoms with Gasteiger partial charge in [-0.2, -0.15) is 9.78 Å². The molecule has 0 saturated heterocycles. The molecule has 3 aromatic rings. The summed E-state index contributed by atoms with van der Waals surface area (Å²) in [5.41, 5.74) is 2.98. The predicted molar refractivity (Wildman–Crippen MR) is 108 cm³/mol. The molecule has 0 amide bonds. The molecule has 1 aliphatic heterocycles. The summed E-state index contributed by atoms with van der Waals surface area (Å²) in [5.74, 6) is 2.25. The van der Waals surface area contributed by atoms with Crippen LogP contribution in [0.2, 0.25) is 0 Å². The Morgan fingerprint density at radius 1 is 1.08 bits per heavy atom. The van der Waals surface area contributed by atoms with Gasteiger partial charge in [-0.25, -0.2) is 0 Å². The zero-order valence-corrected chi connectivity index (χ0v) is 16.8. The number of halogens is 1. The molecule has 132 valence electrons. The van der Waals surface area contributed by atoms with E-state index in [0.717, 1.165) is 38.0 Å². The van der Waals surface area contributed by atoms with Gasteiger partial charge in [-0.1, -0.05) is 52.0 Å². The minimum Gasteiger partial charge on any atom is -0.490 e. The van der Waals surface area contributed by atoms with Crippen LogP contribution in [-0.2, 0) is 0 Å². The molecule has 0 radical (unpaired) electrons. The predicted octanol–water partition coefficient (Wildman–Crippen LogP) is 4.85. The van der Waals surface area contributed by atoms with Crippen molar-refractivity contribution in [2.45, 2.75) is 25.1 Å². The second-order valence-electron chi connectivity index (χ2n) is 6.12. The number of hydrogen-bond donors (Lipinski definition) is 0. The first-order valence-corrected chi connectivity index (χ1v) is 10.1. The highest BCUT2D eigenvalue weighted by Crippen LogP contribution is 2.33. The third-order valence-corrected chi connectivity index (χ3v) is 5.30. The Kier molecular flexibility index (Phi) is 4.82. The summed E-state index contributed by atoms with van der Waals surface area (Å²) in [4.78, 5) is 0. The summed E-state index contributed by atoms with van der Waals surface area (Å²) in [5, 5.41) is 14.3. The fourth-order valence-electron chi connectivity index (χ4n) is 2.69. The van der Waals surface area contributed by atoms with Crippen molar-refractivity contribution in [3.63, 3.8) is 0 Å². The van der Waals surface area contributed by atoms with E-state index in [0.29, 0.717) is 5.82 Å². The van der Waals surface area contributed by atoms with E-state index in [-0.39, 0.29) is 6.10 Å². The molecular weight excluding hydrogens is 412 g/mol. The van der Waals surface area contributed by atoms with Crippen LogP contribution in [0.15, 0.2) is 63.3 Å². The molecule has 0 N–H and O–H groups in total. The van der Waals surface area contributed by atoms with Gasteiger partial charge in [-0.05, 0) is 43.7 Å². The van der Waals surface area contributed by atoms with E-state index >= 15 is 0 Å². The zero-order chi connectivity index (χ0) is 18.1. The van der Waals surface area contributed by atoms with E-state index in [4.69, 9.17) is 9.84 Å². The quantitative estimate of drug-likeness (QED) is 0.595. The SMILES string of the molecule is CC(C)Oc1ccccc1-c1nnc2n1N=C(c1ccc(Br)cc1)CS2. The molecule has 2 heterocycles. The van der Waals surface area contributed by atoms with Crippen LogP contribution in [0.3, 0.4) is 0 Å². The van der Waals surface area contributed by atoms with E-state index in [1.807, 2.05) is 54.9 Å². The van der Waals surface area contributed by atoms with Gasteiger partial charge in [0.25, 0.3) is 0 Å². The number of thioether (sulfide) groups is 1. The number of fused-ring (bicyclic) bond motifs is 1. The van der Waals surface area contributed by atoms with Crippen LogP contribution in [0.25, 0.3) is 11.4 Å². The molecule has 0 bridgehead atoms. The van der Waals surface area contributed by atoms with Crippen molar-refractivity contribution in [1.82, 2.24) is 14.9 Å². The van der Waals surface area contributed by atoms with Crippen LogP contribution in [0.5, 0.6) is 5.75 Å². The molecule has 0 saturated carbocycles. The third-order valence-electron chi connectivity index (χ3n) is 3.84. The van der Waals surface area contributed by atoms with Crippen LogP contribution < -0.4 is 4.74 Å². The van der Waals surface area contributed by atoms with Crippen molar-refractivity contribution in [2.75, 3.05) is 5.75 Å². The normalized spacial score (nSPS) is 13.5. The summed E-state index contributed by atoms with van der Waals surface area (Å²) < 4.78 is 8.81. The maximum Gasteiger partial charge on any atom is 0.212 e. The molecule has 1 aliphatic rings. The Bertz CT molecular complexity index is 966. The Balaban J connectivity index is 1.78. The minimum atomic E-state index is 0.0797. The van der Waals surface area contributed by atoms with E-state index in [2.05, 4.69) is 38.3 Å². The van der Waals surface area contributed by atoms with Crippen molar-refractivity contribution < 1.29 is 4.74 Å². The second-order valence-corrected chi connectivity index (χ2v) is 7.98. The fourth-order valence-corrected chi connectivity index (χ4v) is 3.79. The van der Waals surface area contributed by atoms with Crippen LogP contribution in [0.4, 0.5) is 0 Å². The smallest absolute Gasteiger partial charge is 0.212 e. The third kappa shape index (κ3) is 3.41. The van der Waals surface area contributed by atoms with E-state index < -0.39 is 0 Å². The molecule has 0 atom stereocenters. The van der Waals surface area contributed by atoms with Gasteiger partial charge in [0, 0.05) is 10.2 Å². The Morgan fingerprint density at radius 3 is 2.62 bits per heavy atom. The van der Waals surface area contributed by atoms with E-state index in [1.54, 1.807) is 11.8 Å². The molecule has 0 spiro atoms. The fraction of sp³-hybridized carbons (Fsp3) is 0.211. The first kappa shape index (κ1) is 17.3. The first-order chi connectivity index (χ1) is 12.6. The highest BCUT2D eigenvalue weighted by molar-refractivity contribution is 9.10. The van der Waals surface area contributed by atoms with Crippen LogP contribution in [0.1, 0.15) is 19.4 Å². The molecule has 7 heteroatoms. The molecule has 0 unspecified atom stereocenters.